The molecule has 0 bridgehead atoms. The van der Waals surface area contributed by atoms with Crippen molar-refractivity contribution in [1.82, 2.24) is 14.7 Å². The third-order valence-electron chi connectivity index (χ3n) is 5.54. The van der Waals surface area contributed by atoms with E-state index in [0.717, 1.165) is 37.1 Å². The highest BCUT2D eigenvalue weighted by atomic mass is 19.4. The zero-order chi connectivity index (χ0) is 17.5. The molecule has 3 aliphatic rings. The van der Waals surface area contributed by atoms with Gasteiger partial charge in [0.1, 0.15) is 6.54 Å². The molecule has 24 heavy (non-hydrogen) atoms. The van der Waals surface area contributed by atoms with Crippen molar-refractivity contribution in [1.29, 1.82) is 0 Å². The van der Waals surface area contributed by atoms with E-state index in [0.29, 0.717) is 12.6 Å². The molecule has 3 saturated heterocycles. The Morgan fingerprint density at radius 1 is 1.17 bits per heavy atom. The molecule has 3 fully saturated rings. The van der Waals surface area contributed by atoms with E-state index in [1.54, 1.807) is 0 Å². The van der Waals surface area contributed by atoms with Crippen molar-refractivity contribution < 1.29 is 22.8 Å². The van der Waals surface area contributed by atoms with Gasteiger partial charge in [0.25, 0.3) is 0 Å². The van der Waals surface area contributed by atoms with Gasteiger partial charge in [0.05, 0.1) is 5.92 Å². The average Bonchev–Trinajstić information content (AvgIpc) is 3.17. The van der Waals surface area contributed by atoms with Gasteiger partial charge in [-0.25, -0.2) is 0 Å². The monoisotopic (exact) mass is 347 g/mol. The summed E-state index contributed by atoms with van der Waals surface area (Å²) in [7, 11) is 2.06. The van der Waals surface area contributed by atoms with E-state index in [1.807, 2.05) is 4.90 Å². The summed E-state index contributed by atoms with van der Waals surface area (Å²) in [6.07, 6.45) is -0.494. The first-order valence-electron chi connectivity index (χ1n) is 8.61. The third-order valence-corrected chi connectivity index (χ3v) is 5.54. The predicted molar refractivity (Wildman–Crippen MR) is 81.1 cm³/mol. The first-order chi connectivity index (χ1) is 11.3. The summed E-state index contributed by atoms with van der Waals surface area (Å²) in [6.45, 7) is 0.299. The summed E-state index contributed by atoms with van der Waals surface area (Å²) in [4.78, 5) is 29.5. The number of likely N-dealkylation sites (tertiary alicyclic amines) is 3. The zero-order valence-corrected chi connectivity index (χ0v) is 13.9. The fourth-order valence-electron chi connectivity index (χ4n) is 4.43. The van der Waals surface area contributed by atoms with E-state index in [2.05, 4.69) is 11.9 Å². The lowest BCUT2D eigenvalue weighted by atomic mass is 10.0. The van der Waals surface area contributed by atoms with Gasteiger partial charge in [-0.3, -0.25) is 9.59 Å². The van der Waals surface area contributed by atoms with Crippen LogP contribution in [-0.2, 0) is 9.59 Å². The summed E-state index contributed by atoms with van der Waals surface area (Å²) in [5.74, 6) is -1.35. The summed E-state index contributed by atoms with van der Waals surface area (Å²) in [5, 5.41) is 0. The third kappa shape index (κ3) is 3.53. The van der Waals surface area contributed by atoms with Crippen LogP contribution >= 0.6 is 0 Å². The number of amides is 2. The molecule has 3 atom stereocenters. The minimum atomic E-state index is -4.42. The molecule has 3 heterocycles. The normalized spacial score (nSPS) is 32.2. The molecule has 3 rings (SSSR count). The number of carbonyl (C=O) groups excluding carboxylic acids is 2. The lowest BCUT2D eigenvalue weighted by Crippen LogP contribution is -2.49. The summed E-state index contributed by atoms with van der Waals surface area (Å²) < 4.78 is 37.6. The van der Waals surface area contributed by atoms with Gasteiger partial charge in [0, 0.05) is 31.6 Å². The topological polar surface area (TPSA) is 43.9 Å². The van der Waals surface area contributed by atoms with Crippen molar-refractivity contribution >= 4 is 11.8 Å². The lowest BCUT2D eigenvalue weighted by Gasteiger charge is -2.34. The summed E-state index contributed by atoms with van der Waals surface area (Å²) >= 11 is 0. The SMILES string of the molecule is CN1CCC[C@@H]1[C@@H]1CCCN1C(=O)[C@@H]1CC(=O)N(CC(F)(F)F)C1. The van der Waals surface area contributed by atoms with Crippen LogP contribution in [0, 0.1) is 5.92 Å². The Hall–Kier alpha value is -1.31. The second-order valence-electron chi connectivity index (χ2n) is 7.22. The Morgan fingerprint density at radius 2 is 1.83 bits per heavy atom. The maximum Gasteiger partial charge on any atom is 0.406 e. The highest BCUT2D eigenvalue weighted by Gasteiger charge is 2.45. The highest BCUT2D eigenvalue weighted by Crippen LogP contribution is 2.32. The second-order valence-corrected chi connectivity index (χ2v) is 7.22. The molecule has 0 aromatic carbocycles. The van der Waals surface area contributed by atoms with E-state index < -0.39 is 24.5 Å². The molecule has 0 saturated carbocycles. The van der Waals surface area contributed by atoms with Gasteiger partial charge >= 0.3 is 6.18 Å². The fourth-order valence-corrected chi connectivity index (χ4v) is 4.43. The van der Waals surface area contributed by atoms with Gasteiger partial charge in [0.2, 0.25) is 11.8 Å². The van der Waals surface area contributed by atoms with Crippen LogP contribution in [-0.4, -0.2) is 78.0 Å². The first-order valence-corrected chi connectivity index (χ1v) is 8.61. The molecule has 2 amide bonds. The maximum atomic E-state index is 12.8. The van der Waals surface area contributed by atoms with Crippen molar-refractivity contribution in [2.24, 2.45) is 5.92 Å². The Kier molecular flexibility index (Phi) is 4.77. The molecule has 5 nitrogen and oxygen atoms in total. The minimum absolute atomic E-state index is 0.0986. The molecule has 0 aromatic rings. The predicted octanol–water partition coefficient (Wildman–Crippen LogP) is 1.48. The quantitative estimate of drug-likeness (QED) is 0.777. The fraction of sp³-hybridized carbons (Fsp3) is 0.875. The molecular weight excluding hydrogens is 323 g/mol. The Morgan fingerprint density at radius 3 is 2.46 bits per heavy atom. The standard InChI is InChI=1S/C16H24F3N3O2/c1-20-6-2-4-12(20)13-5-3-7-22(13)15(24)11-8-14(23)21(9-11)10-16(17,18)19/h11-13H,2-10H2,1H3/t11-,12-,13+/m1/s1. The van der Waals surface area contributed by atoms with Crippen LogP contribution in [0.25, 0.3) is 0 Å². The number of hydrogen-bond acceptors (Lipinski definition) is 3. The van der Waals surface area contributed by atoms with E-state index in [9.17, 15) is 22.8 Å². The Bertz CT molecular complexity index is 511. The molecule has 0 aliphatic carbocycles. The van der Waals surface area contributed by atoms with Crippen LogP contribution < -0.4 is 0 Å². The van der Waals surface area contributed by atoms with Gasteiger partial charge < -0.3 is 14.7 Å². The van der Waals surface area contributed by atoms with Crippen molar-refractivity contribution in [3.05, 3.63) is 0 Å². The van der Waals surface area contributed by atoms with Gasteiger partial charge in [-0.2, -0.15) is 13.2 Å². The smallest absolute Gasteiger partial charge is 0.338 e. The van der Waals surface area contributed by atoms with E-state index in [-0.39, 0.29) is 24.9 Å². The summed E-state index contributed by atoms with van der Waals surface area (Å²) in [6, 6.07) is 0.469. The number of hydrogen-bond donors (Lipinski definition) is 0. The Labute approximate surface area is 139 Å². The number of rotatable bonds is 3. The maximum absolute atomic E-state index is 12.8. The molecule has 0 unspecified atom stereocenters. The van der Waals surface area contributed by atoms with Crippen LogP contribution in [0.3, 0.4) is 0 Å². The van der Waals surface area contributed by atoms with Gasteiger partial charge in [-0.1, -0.05) is 0 Å². The second kappa shape index (κ2) is 6.54. The molecule has 136 valence electrons. The molecule has 0 aromatic heterocycles. The molecule has 0 spiro atoms. The zero-order valence-electron chi connectivity index (χ0n) is 13.9. The molecule has 0 radical (unpaired) electrons. The number of nitrogens with zero attached hydrogens (tertiary/aromatic N) is 3. The first kappa shape index (κ1) is 17.5. The van der Waals surface area contributed by atoms with Gasteiger partial charge in [-0.15, -0.1) is 0 Å². The number of likely N-dealkylation sites (N-methyl/N-ethyl adjacent to an activating group) is 1. The van der Waals surface area contributed by atoms with Crippen molar-refractivity contribution in [3.63, 3.8) is 0 Å². The van der Waals surface area contributed by atoms with Gasteiger partial charge in [0.15, 0.2) is 0 Å². The summed E-state index contributed by atoms with van der Waals surface area (Å²) in [5.41, 5.74) is 0. The van der Waals surface area contributed by atoms with Crippen LogP contribution in [0.15, 0.2) is 0 Å². The van der Waals surface area contributed by atoms with Crippen molar-refractivity contribution in [2.45, 2.75) is 50.4 Å². The molecule has 8 heteroatoms. The average molecular weight is 347 g/mol. The lowest BCUT2D eigenvalue weighted by molar-refractivity contribution is -0.157. The van der Waals surface area contributed by atoms with Crippen molar-refractivity contribution in [2.75, 3.05) is 33.2 Å². The Balaban J connectivity index is 1.64. The van der Waals surface area contributed by atoms with E-state index in [1.165, 1.54) is 0 Å². The minimum Gasteiger partial charge on any atom is -0.338 e. The largest absolute Gasteiger partial charge is 0.406 e. The van der Waals surface area contributed by atoms with Crippen LogP contribution in [0.1, 0.15) is 32.1 Å². The van der Waals surface area contributed by atoms with Crippen LogP contribution in [0.2, 0.25) is 0 Å². The molecule has 3 aliphatic heterocycles. The number of alkyl halides is 3. The number of carbonyl (C=O) groups is 2. The van der Waals surface area contributed by atoms with Crippen LogP contribution in [0.4, 0.5) is 13.2 Å². The van der Waals surface area contributed by atoms with E-state index in [4.69, 9.17) is 0 Å². The van der Waals surface area contributed by atoms with Crippen LogP contribution in [0.5, 0.6) is 0 Å². The van der Waals surface area contributed by atoms with Crippen molar-refractivity contribution in [3.8, 4) is 0 Å². The molecule has 0 N–H and O–H groups in total. The number of halogens is 3. The molecular formula is C16H24F3N3O2. The van der Waals surface area contributed by atoms with Gasteiger partial charge in [-0.05, 0) is 39.3 Å². The van der Waals surface area contributed by atoms with E-state index >= 15 is 0 Å². The highest BCUT2D eigenvalue weighted by molar-refractivity contribution is 5.89.